The molecular weight excluding hydrogens is 407 g/mol. The number of carbonyl (C=O) groups excluding carboxylic acids is 1. The third kappa shape index (κ3) is 6.13. The van der Waals surface area contributed by atoms with Crippen molar-refractivity contribution in [1.82, 2.24) is 9.97 Å². The van der Waals surface area contributed by atoms with Gasteiger partial charge in [-0.1, -0.05) is 38.8 Å². The summed E-state index contributed by atoms with van der Waals surface area (Å²) in [7, 11) is 0. The van der Waals surface area contributed by atoms with Gasteiger partial charge in [-0.25, -0.2) is 19.2 Å². The van der Waals surface area contributed by atoms with Crippen molar-refractivity contribution in [3.63, 3.8) is 0 Å². The molecule has 0 N–H and O–H groups in total. The molecule has 32 heavy (non-hydrogen) atoms. The molecule has 1 unspecified atom stereocenters. The molecule has 6 heteroatoms. The summed E-state index contributed by atoms with van der Waals surface area (Å²) >= 11 is 0. The van der Waals surface area contributed by atoms with E-state index in [2.05, 4.69) is 16.9 Å². The zero-order valence-electron chi connectivity index (χ0n) is 18.8. The van der Waals surface area contributed by atoms with Crippen LogP contribution >= 0.6 is 0 Å². The fourth-order valence-electron chi connectivity index (χ4n) is 3.16. The lowest BCUT2D eigenvalue weighted by atomic mass is 10.0. The highest BCUT2D eigenvalue weighted by atomic mass is 19.1. The van der Waals surface area contributed by atoms with Gasteiger partial charge in [0.2, 0.25) is 5.67 Å². The first kappa shape index (κ1) is 23.4. The van der Waals surface area contributed by atoms with Gasteiger partial charge in [-0.2, -0.15) is 0 Å². The summed E-state index contributed by atoms with van der Waals surface area (Å²) in [6, 6.07) is 14.6. The van der Waals surface area contributed by atoms with E-state index in [0.29, 0.717) is 24.6 Å². The zero-order valence-corrected chi connectivity index (χ0v) is 18.8. The van der Waals surface area contributed by atoms with Gasteiger partial charge in [-0.15, -0.1) is 0 Å². The van der Waals surface area contributed by atoms with Crippen LogP contribution in [0.5, 0.6) is 11.5 Å². The number of aromatic nitrogens is 2. The number of rotatable bonds is 10. The molecule has 3 aromatic rings. The number of hydrogen-bond donors (Lipinski definition) is 0. The van der Waals surface area contributed by atoms with E-state index in [1.165, 1.54) is 6.92 Å². The van der Waals surface area contributed by atoms with E-state index in [-0.39, 0.29) is 6.42 Å². The molecule has 0 fully saturated rings. The van der Waals surface area contributed by atoms with Gasteiger partial charge in [-0.05, 0) is 61.7 Å². The summed E-state index contributed by atoms with van der Waals surface area (Å²) in [5.74, 6) is 0.888. The highest BCUT2D eigenvalue weighted by Crippen LogP contribution is 2.26. The Balaban J connectivity index is 1.64. The molecule has 0 aliphatic heterocycles. The van der Waals surface area contributed by atoms with Crippen molar-refractivity contribution in [2.75, 3.05) is 6.61 Å². The molecule has 0 aliphatic carbocycles. The van der Waals surface area contributed by atoms with Crippen molar-refractivity contribution in [2.24, 2.45) is 0 Å². The second-order valence-electron chi connectivity index (χ2n) is 7.88. The van der Waals surface area contributed by atoms with Crippen LogP contribution < -0.4 is 9.47 Å². The number of ether oxygens (including phenoxy) is 2. The lowest BCUT2D eigenvalue weighted by molar-refractivity contribution is -0.147. The molecule has 168 valence electrons. The largest absolute Gasteiger partial charge is 0.494 e. The maximum Gasteiger partial charge on any atom is 0.348 e. The third-order valence-corrected chi connectivity index (χ3v) is 5.07. The van der Waals surface area contributed by atoms with Gasteiger partial charge in [0, 0.05) is 23.5 Å². The average Bonchev–Trinajstić information content (AvgIpc) is 2.80. The molecule has 0 amide bonds. The number of unbranched alkanes of at least 4 members (excludes halogenated alkanes) is 1. The summed E-state index contributed by atoms with van der Waals surface area (Å²) in [6.07, 6.45) is 6.31. The normalized spacial score (nSPS) is 12.8. The first-order chi connectivity index (χ1) is 15.4. The number of nitrogens with zero attached hydrogens (tertiary/aromatic N) is 2. The van der Waals surface area contributed by atoms with E-state index in [0.717, 1.165) is 35.3 Å². The number of esters is 1. The molecule has 3 rings (SSSR count). The van der Waals surface area contributed by atoms with Gasteiger partial charge in [0.1, 0.15) is 11.5 Å². The van der Waals surface area contributed by atoms with Gasteiger partial charge in [0.05, 0.1) is 6.61 Å². The Morgan fingerprint density at radius 3 is 2.06 bits per heavy atom. The Morgan fingerprint density at radius 2 is 1.47 bits per heavy atom. The highest BCUT2D eigenvalue weighted by molar-refractivity contribution is 5.81. The topological polar surface area (TPSA) is 61.3 Å². The molecule has 0 saturated heterocycles. The molecule has 0 spiro atoms. The number of carbonyl (C=O) groups is 1. The van der Waals surface area contributed by atoms with Gasteiger partial charge >= 0.3 is 5.97 Å². The van der Waals surface area contributed by atoms with Crippen LogP contribution in [0.4, 0.5) is 4.39 Å². The van der Waals surface area contributed by atoms with Crippen LogP contribution in [0, 0.1) is 0 Å². The molecule has 0 bridgehead atoms. The maximum absolute atomic E-state index is 14.3. The average molecular weight is 437 g/mol. The summed E-state index contributed by atoms with van der Waals surface area (Å²) < 4.78 is 25.2. The van der Waals surface area contributed by atoms with Crippen molar-refractivity contribution >= 4 is 5.97 Å². The van der Waals surface area contributed by atoms with Crippen LogP contribution in [0.3, 0.4) is 0 Å². The second kappa shape index (κ2) is 10.8. The Kier molecular flexibility index (Phi) is 7.92. The molecule has 1 atom stereocenters. The molecular formula is C26H29FN2O3. The van der Waals surface area contributed by atoms with Crippen molar-refractivity contribution in [3.8, 4) is 34.0 Å². The van der Waals surface area contributed by atoms with Gasteiger partial charge < -0.3 is 9.47 Å². The first-order valence-electron chi connectivity index (χ1n) is 11.0. The molecule has 0 aliphatic rings. The van der Waals surface area contributed by atoms with Gasteiger partial charge in [-0.3, -0.25) is 0 Å². The van der Waals surface area contributed by atoms with Crippen molar-refractivity contribution in [2.45, 2.75) is 52.1 Å². The molecule has 0 radical (unpaired) electrons. The van der Waals surface area contributed by atoms with Crippen LogP contribution in [-0.2, 0) is 4.79 Å². The molecule has 5 nitrogen and oxygen atoms in total. The van der Waals surface area contributed by atoms with Gasteiger partial charge in [0.15, 0.2) is 5.82 Å². The maximum atomic E-state index is 14.3. The standard InChI is InChI=1S/C26H29FN2O3/c1-4-6-16-31-22-11-9-20(10-12-22)24-28-17-21(18-29-24)19-7-13-23(14-8-19)32-25(30)26(3,27)15-5-2/h7-14,17-18H,4-6,15-16H2,1-3H3. The third-order valence-electron chi connectivity index (χ3n) is 5.07. The Labute approximate surface area is 188 Å². The van der Waals surface area contributed by atoms with Crippen LogP contribution in [0.2, 0.25) is 0 Å². The van der Waals surface area contributed by atoms with Crippen LogP contribution in [0.15, 0.2) is 60.9 Å². The molecule has 0 saturated carbocycles. The number of alkyl halides is 1. The number of hydrogen-bond acceptors (Lipinski definition) is 5. The van der Waals surface area contributed by atoms with E-state index >= 15 is 0 Å². The minimum atomic E-state index is -1.99. The van der Waals surface area contributed by atoms with E-state index in [9.17, 15) is 9.18 Å². The smallest absolute Gasteiger partial charge is 0.348 e. The second-order valence-corrected chi connectivity index (χ2v) is 7.88. The zero-order chi connectivity index (χ0) is 23.0. The fraction of sp³-hybridized carbons (Fsp3) is 0.346. The number of halogens is 1. The Morgan fingerprint density at radius 1 is 0.875 bits per heavy atom. The quantitative estimate of drug-likeness (QED) is 0.208. The summed E-state index contributed by atoms with van der Waals surface area (Å²) in [5.41, 5.74) is 0.611. The van der Waals surface area contributed by atoms with Gasteiger partial charge in [0.25, 0.3) is 0 Å². The summed E-state index contributed by atoms with van der Waals surface area (Å²) in [6.45, 7) is 5.92. The van der Waals surface area contributed by atoms with Crippen molar-refractivity contribution < 1.29 is 18.7 Å². The Hall–Kier alpha value is -3.28. The Bertz CT molecular complexity index is 1000. The van der Waals surface area contributed by atoms with E-state index in [4.69, 9.17) is 9.47 Å². The monoisotopic (exact) mass is 436 g/mol. The minimum absolute atomic E-state index is 0.127. The lowest BCUT2D eigenvalue weighted by Crippen LogP contribution is -2.34. The summed E-state index contributed by atoms with van der Waals surface area (Å²) in [4.78, 5) is 20.9. The van der Waals surface area contributed by atoms with Crippen LogP contribution in [0.1, 0.15) is 46.5 Å². The molecule has 1 heterocycles. The van der Waals surface area contributed by atoms with Crippen LogP contribution in [-0.4, -0.2) is 28.2 Å². The van der Waals surface area contributed by atoms with E-state index < -0.39 is 11.6 Å². The van der Waals surface area contributed by atoms with Crippen LogP contribution in [0.25, 0.3) is 22.5 Å². The number of benzene rings is 2. The van der Waals surface area contributed by atoms with Crippen molar-refractivity contribution in [1.29, 1.82) is 0 Å². The predicted molar refractivity (Wildman–Crippen MR) is 123 cm³/mol. The van der Waals surface area contributed by atoms with E-state index in [1.54, 1.807) is 36.7 Å². The molecule has 1 aromatic heterocycles. The first-order valence-corrected chi connectivity index (χ1v) is 11.0. The highest BCUT2D eigenvalue weighted by Gasteiger charge is 2.34. The van der Waals surface area contributed by atoms with Crippen molar-refractivity contribution in [3.05, 3.63) is 60.9 Å². The minimum Gasteiger partial charge on any atom is -0.494 e. The van der Waals surface area contributed by atoms with E-state index in [1.807, 2.05) is 31.2 Å². The fourth-order valence-corrected chi connectivity index (χ4v) is 3.16. The predicted octanol–water partition coefficient (Wildman–Crippen LogP) is 6.42. The SMILES string of the molecule is CCCCOc1ccc(-c2ncc(-c3ccc(OC(=O)C(C)(F)CCC)cc3)cn2)cc1. The lowest BCUT2D eigenvalue weighted by Gasteiger charge is -2.17. The molecule has 2 aromatic carbocycles. The summed E-state index contributed by atoms with van der Waals surface area (Å²) in [5, 5.41) is 0.